The van der Waals surface area contributed by atoms with Gasteiger partial charge in [0.1, 0.15) is 0 Å². The number of hydrogen-bond donors (Lipinski definition) is 0. The average molecular weight is 266 g/mol. The highest BCUT2D eigenvalue weighted by molar-refractivity contribution is 9.10. The number of ether oxygens (including phenoxy) is 1. The second-order valence-corrected chi connectivity index (χ2v) is 3.90. The first kappa shape index (κ1) is 10.1. The van der Waals surface area contributed by atoms with Crippen molar-refractivity contribution in [1.82, 2.24) is 4.98 Å². The molecule has 0 unspecified atom stereocenters. The van der Waals surface area contributed by atoms with E-state index in [4.69, 9.17) is 0 Å². The Kier molecular flexibility index (Phi) is 2.68. The molecule has 0 aliphatic rings. The molecule has 15 heavy (non-hydrogen) atoms. The van der Waals surface area contributed by atoms with Gasteiger partial charge in [0.05, 0.1) is 12.7 Å². The van der Waals surface area contributed by atoms with Crippen LogP contribution in [0, 0.1) is 0 Å². The van der Waals surface area contributed by atoms with Crippen LogP contribution in [0.15, 0.2) is 35.1 Å². The van der Waals surface area contributed by atoms with Gasteiger partial charge in [0.25, 0.3) is 0 Å². The summed E-state index contributed by atoms with van der Waals surface area (Å²) in [6.45, 7) is 0. The van der Waals surface area contributed by atoms with Crippen molar-refractivity contribution in [3.63, 3.8) is 0 Å². The zero-order chi connectivity index (χ0) is 10.8. The van der Waals surface area contributed by atoms with Gasteiger partial charge in [-0.25, -0.2) is 4.79 Å². The van der Waals surface area contributed by atoms with Crippen LogP contribution in [0.2, 0.25) is 0 Å². The Morgan fingerprint density at radius 2 is 2.20 bits per heavy atom. The zero-order valence-corrected chi connectivity index (χ0v) is 9.61. The number of carbonyl (C=O) groups excluding carboxylic acids is 1. The lowest BCUT2D eigenvalue weighted by Gasteiger charge is -2.02. The maximum Gasteiger partial charge on any atom is 0.337 e. The molecule has 0 N–H and O–H groups in total. The molecule has 0 atom stereocenters. The van der Waals surface area contributed by atoms with Gasteiger partial charge in [-0.1, -0.05) is 6.07 Å². The number of hydrogen-bond acceptors (Lipinski definition) is 3. The van der Waals surface area contributed by atoms with Crippen molar-refractivity contribution >= 4 is 32.7 Å². The van der Waals surface area contributed by atoms with E-state index in [-0.39, 0.29) is 5.97 Å². The molecule has 2 rings (SSSR count). The molecule has 0 aliphatic carbocycles. The maximum atomic E-state index is 11.3. The lowest BCUT2D eigenvalue weighted by atomic mass is 10.1. The molecular formula is C11H8BrNO2. The normalized spacial score (nSPS) is 10.3. The molecule has 0 aliphatic heterocycles. The first-order valence-electron chi connectivity index (χ1n) is 4.34. The molecule has 0 bridgehead atoms. The van der Waals surface area contributed by atoms with Crippen LogP contribution in [0.4, 0.5) is 0 Å². The van der Waals surface area contributed by atoms with E-state index < -0.39 is 0 Å². The fourth-order valence-corrected chi connectivity index (χ4v) is 1.83. The molecule has 0 saturated carbocycles. The highest BCUT2D eigenvalue weighted by Gasteiger charge is 2.07. The smallest absolute Gasteiger partial charge is 0.337 e. The number of aromatic nitrogens is 1. The van der Waals surface area contributed by atoms with E-state index in [9.17, 15) is 4.79 Å². The van der Waals surface area contributed by atoms with Gasteiger partial charge in [0.2, 0.25) is 0 Å². The maximum absolute atomic E-state index is 11.3. The first-order chi connectivity index (χ1) is 7.22. The Morgan fingerprint density at radius 1 is 1.40 bits per heavy atom. The van der Waals surface area contributed by atoms with E-state index >= 15 is 0 Å². The molecule has 76 valence electrons. The molecular weight excluding hydrogens is 258 g/mol. The second-order valence-electron chi connectivity index (χ2n) is 3.05. The number of benzene rings is 1. The summed E-state index contributed by atoms with van der Waals surface area (Å²) in [6, 6.07) is 5.36. The Morgan fingerprint density at radius 3 is 2.93 bits per heavy atom. The van der Waals surface area contributed by atoms with Crippen LogP contribution in [0.25, 0.3) is 10.8 Å². The van der Waals surface area contributed by atoms with E-state index in [1.54, 1.807) is 24.5 Å². The fourth-order valence-electron chi connectivity index (χ4n) is 1.37. The van der Waals surface area contributed by atoms with Gasteiger partial charge in [-0.3, -0.25) is 4.98 Å². The van der Waals surface area contributed by atoms with Crippen LogP contribution in [0.3, 0.4) is 0 Å². The minimum absolute atomic E-state index is 0.333. The quantitative estimate of drug-likeness (QED) is 0.745. The molecule has 0 spiro atoms. The molecule has 3 nitrogen and oxygen atoms in total. The Balaban J connectivity index is 2.64. The van der Waals surface area contributed by atoms with E-state index in [2.05, 4.69) is 25.7 Å². The third-order valence-corrected chi connectivity index (χ3v) is 2.77. The molecule has 0 amide bonds. The van der Waals surface area contributed by atoms with Gasteiger partial charge in [0, 0.05) is 22.3 Å². The van der Waals surface area contributed by atoms with Gasteiger partial charge >= 0.3 is 5.97 Å². The van der Waals surface area contributed by atoms with Crippen LogP contribution >= 0.6 is 15.9 Å². The summed E-state index contributed by atoms with van der Waals surface area (Å²) in [4.78, 5) is 15.4. The van der Waals surface area contributed by atoms with Crippen molar-refractivity contribution in [3.05, 3.63) is 40.6 Å². The number of nitrogens with zero attached hydrogens (tertiary/aromatic N) is 1. The van der Waals surface area contributed by atoms with Crippen LogP contribution in [0.5, 0.6) is 0 Å². The van der Waals surface area contributed by atoms with E-state index in [1.165, 1.54) is 7.11 Å². The number of esters is 1. The summed E-state index contributed by atoms with van der Waals surface area (Å²) in [7, 11) is 1.37. The van der Waals surface area contributed by atoms with Crippen molar-refractivity contribution in [2.75, 3.05) is 7.11 Å². The highest BCUT2D eigenvalue weighted by atomic mass is 79.9. The molecule has 1 heterocycles. The third kappa shape index (κ3) is 1.85. The lowest BCUT2D eigenvalue weighted by molar-refractivity contribution is 0.0601. The van der Waals surface area contributed by atoms with Gasteiger partial charge < -0.3 is 4.74 Å². The SMILES string of the molecule is COC(=O)c1ccc2cncc(Br)c2c1. The number of rotatable bonds is 1. The highest BCUT2D eigenvalue weighted by Crippen LogP contribution is 2.23. The van der Waals surface area contributed by atoms with E-state index in [0.717, 1.165) is 15.2 Å². The minimum atomic E-state index is -0.333. The van der Waals surface area contributed by atoms with Crippen LogP contribution in [-0.2, 0) is 4.74 Å². The summed E-state index contributed by atoms with van der Waals surface area (Å²) >= 11 is 3.39. The monoisotopic (exact) mass is 265 g/mol. The van der Waals surface area contributed by atoms with Crippen molar-refractivity contribution in [3.8, 4) is 0 Å². The van der Waals surface area contributed by atoms with Gasteiger partial charge in [-0.15, -0.1) is 0 Å². The summed E-state index contributed by atoms with van der Waals surface area (Å²) in [5.41, 5.74) is 0.539. The van der Waals surface area contributed by atoms with Crippen molar-refractivity contribution in [2.45, 2.75) is 0 Å². The molecule has 1 aromatic carbocycles. The Bertz CT molecular complexity index is 525. The van der Waals surface area contributed by atoms with Crippen LogP contribution in [-0.4, -0.2) is 18.1 Å². The molecule has 2 aromatic rings. The summed E-state index contributed by atoms with van der Waals surface area (Å²) in [6.07, 6.45) is 3.45. The largest absolute Gasteiger partial charge is 0.465 e. The average Bonchev–Trinajstić information content (AvgIpc) is 2.28. The topological polar surface area (TPSA) is 39.2 Å². The Labute approximate surface area is 95.2 Å². The minimum Gasteiger partial charge on any atom is -0.465 e. The van der Waals surface area contributed by atoms with Crippen LogP contribution < -0.4 is 0 Å². The molecule has 1 aromatic heterocycles. The predicted molar refractivity (Wildman–Crippen MR) is 60.8 cm³/mol. The van der Waals surface area contributed by atoms with Gasteiger partial charge in [0.15, 0.2) is 0 Å². The van der Waals surface area contributed by atoms with E-state index in [1.807, 2.05) is 6.07 Å². The van der Waals surface area contributed by atoms with Crippen molar-refractivity contribution < 1.29 is 9.53 Å². The number of halogens is 1. The number of carbonyl (C=O) groups is 1. The van der Waals surface area contributed by atoms with Gasteiger partial charge in [-0.2, -0.15) is 0 Å². The van der Waals surface area contributed by atoms with Crippen molar-refractivity contribution in [1.29, 1.82) is 0 Å². The number of methoxy groups -OCH3 is 1. The summed E-state index contributed by atoms with van der Waals surface area (Å²) < 4.78 is 5.52. The van der Waals surface area contributed by atoms with Crippen molar-refractivity contribution in [2.24, 2.45) is 0 Å². The predicted octanol–water partition coefficient (Wildman–Crippen LogP) is 2.78. The standard InChI is InChI=1S/C11H8BrNO2/c1-15-11(14)7-2-3-8-5-13-6-10(12)9(8)4-7/h2-6H,1H3. The molecule has 0 radical (unpaired) electrons. The van der Waals surface area contributed by atoms with E-state index in [0.29, 0.717) is 5.56 Å². The van der Waals surface area contributed by atoms with Crippen LogP contribution in [0.1, 0.15) is 10.4 Å². The summed E-state index contributed by atoms with van der Waals surface area (Å²) in [5, 5.41) is 1.94. The Hall–Kier alpha value is -1.42. The molecule has 0 saturated heterocycles. The summed E-state index contributed by atoms with van der Waals surface area (Å²) in [5.74, 6) is -0.333. The lowest BCUT2D eigenvalue weighted by Crippen LogP contribution is -2.00. The zero-order valence-electron chi connectivity index (χ0n) is 8.03. The molecule has 0 fully saturated rings. The number of pyridine rings is 1. The first-order valence-corrected chi connectivity index (χ1v) is 5.13. The second kappa shape index (κ2) is 3.98. The third-order valence-electron chi connectivity index (χ3n) is 2.13. The molecule has 4 heteroatoms. The fraction of sp³-hybridized carbons (Fsp3) is 0.0909. The van der Waals surface area contributed by atoms with Gasteiger partial charge in [-0.05, 0) is 33.4 Å². The number of fused-ring (bicyclic) bond motifs is 1.